The summed E-state index contributed by atoms with van der Waals surface area (Å²) in [6.45, 7) is 1.83. The number of carbonyl (C=O) groups excluding carboxylic acids is 3. The predicted octanol–water partition coefficient (Wildman–Crippen LogP) is 3.16. The SMILES string of the molecule is C[C@@H](CCOC(=O)CS)[C@@H](OC(=O)NC(=O)c1ccccc1)c1ccccc1OCCO. The molecule has 9 heteroatoms. The molecule has 0 aliphatic rings. The molecular formula is C23H27NO7S. The number of alkyl carbamates (subject to hydrolysis) is 1. The summed E-state index contributed by atoms with van der Waals surface area (Å²) in [6, 6.07) is 15.2. The van der Waals surface area contributed by atoms with Crippen LogP contribution in [0.1, 0.15) is 35.4 Å². The molecule has 2 N–H and O–H groups in total. The monoisotopic (exact) mass is 461 g/mol. The summed E-state index contributed by atoms with van der Waals surface area (Å²) in [5.41, 5.74) is 0.885. The number of hydrogen-bond acceptors (Lipinski definition) is 8. The topological polar surface area (TPSA) is 111 Å². The standard InChI is InChI=1S/C23H27NO7S/c1-16(11-13-30-20(26)15-32)21(18-9-5-6-10-19(18)29-14-12-25)31-23(28)24-22(27)17-7-3-2-4-8-17/h2-10,16,21,25,32H,11-15H2,1H3,(H,24,27,28)/t16-,21+/m0/s1. The quantitative estimate of drug-likeness (QED) is 0.348. The van der Waals surface area contributed by atoms with E-state index in [9.17, 15) is 14.4 Å². The number of amides is 2. The lowest BCUT2D eigenvalue weighted by Crippen LogP contribution is -2.33. The molecule has 0 aliphatic heterocycles. The molecule has 172 valence electrons. The number of ether oxygens (including phenoxy) is 3. The van der Waals surface area contributed by atoms with Crippen molar-refractivity contribution in [3.05, 3.63) is 65.7 Å². The van der Waals surface area contributed by atoms with Gasteiger partial charge < -0.3 is 19.3 Å². The van der Waals surface area contributed by atoms with Gasteiger partial charge in [0.2, 0.25) is 0 Å². The van der Waals surface area contributed by atoms with Crippen molar-refractivity contribution in [2.45, 2.75) is 19.4 Å². The van der Waals surface area contributed by atoms with Gasteiger partial charge in [-0.25, -0.2) is 4.79 Å². The van der Waals surface area contributed by atoms with Gasteiger partial charge in [-0.15, -0.1) is 0 Å². The lowest BCUT2D eigenvalue weighted by Gasteiger charge is -2.26. The molecule has 0 aromatic heterocycles. The molecular weight excluding hydrogens is 434 g/mol. The van der Waals surface area contributed by atoms with Crippen molar-refractivity contribution in [3.63, 3.8) is 0 Å². The van der Waals surface area contributed by atoms with Gasteiger partial charge in [-0.1, -0.05) is 43.3 Å². The third-order valence-electron chi connectivity index (χ3n) is 4.54. The molecule has 0 aliphatic carbocycles. The van der Waals surface area contributed by atoms with Crippen LogP contribution in [0.5, 0.6) is 5.75 Å². The first kappa shape index (κ1) is 25.2. The van der Waals surface area contributed by atoms with Gasteiger partial charge in [-0.2, -0.15) is 12.6 Å². The zero-order valence-electron chi connectivity index (χ0n) is 17.7. The zero-order chi connectivity index (χ0) is 23.3. The van der Waals surface area contributed by atoms with E-state index in [-0.39, 0.29) is 31.5 Å². The Morgan fingerprint density at radius 3 is 2.41 bits per heavy atom. The highest BCUT2D eigenvalue weighted by Gasteiger charge is 2.27. The van der Waals surface area contributed by atoms with Crippen LogP contribution in [0.2, 0.25) is 0 Å². The van der Waals surface area contributed by atoms with E-state index in [2.05, 4.69) is 17.9 Å². The zero-order valence-corrected chi connectivity index (χ0v) is 18.6. The molecule has 0 fully saturated rings. The Morgan fingerprint density at radius 1 is 1.03 bits per heavy atom. The maximum Gasteiger partial charge on any atom is 0.414 e. The van der Waals surface area contributed by atoms with Crippen molar-refractivity contribution >= 4 is 30.6 Å². The van der Waals surface area contributed by atoms with E-state index in [1.165, 1.54) is 0 Å². The average Bonchev–Trinajstić information content (AvgIpc) is 2.81. The summed E-state index contributed by atoms with van der Waals surface area (Å²) < 4.78 is 16.3. The number of imide groups is 1. The first-order chi connectivity index (χ1) is 15.5. The van der Waals surface area contributed by atoms with Crippen LogP contribution >= 0.6 is 12.6 Å². The summed E-state index contributed by atoms with van der Waals surface area (Å²) in [7, 11) is 0. The second-order valence-electron chi connectivity index (χ2n) is 6.90. The number of carbonyl (C=O) groups is 3. The summed E-state index contributed by atoms with van der Waals surface area (Å²) in [6.07, 6.45) is -1.33. The second kappa shape index (κ2) is 13.4. The normalized spacial score (nSPS) is 12.3. The molecule has 2 rings (SSSR count). The number of aliphatic hydroxyl groups is 1. The lowest BCUT2D eigenvalue weighted by molar-refractivity contribution is -0.141. The van der Waals surface area contributed by atoms with Crippen LogP contribution in [-0.4, -0.2) is 48.6 Å². The van der Waals surface area contributed by atoms with Crippen LogP contribution in [0.4, 0.5) is 4.79 Å². The van der Waals surface area contributed by atoms with Gasteiger partial charge in [0.05, 0.1) is 19.0 Å². The minimum absolute atomic E-state index is 0.0316. The highest BCUT2D eigenvalue weighted by Crippen LogP contribution is 2.34. The number of esters is 1. The van der Waals surface area contributed by atoms with Crippen molar-refractivity contribution < 1.29 is 33.7 Å². The summed E-state index contributed by atoms with van der Waals surface area (Å²) in [5, 5.41) is 11.3. The fraction of sp³-hybridized carbons (Fsp3) is 0.348. The fourth-order valence-corrected chi connectivity index (χ4v) is 3.03. The Morgan fingerprint density at radius 2 is 1.72 bits per heavy atom. The van der Waals surface area contributed by atoms with E-state index in [0.717, 1.165) is 0 Å². The number of para-hydroxylation sites is 1. The minimum atomic E-state index is -0.917. The molecule has 0 saturated heterocycles. The average molecular weight is 462 g/mol. The van der Waals surface area contributed by atoms with E-state index in [0.29, 0.717) is 23.3 Å². The highest BCUT2D eigenvalue weighted by molar-refractivity contribution is 7.81. The molecule has 2 aromatic rings. The molecule has 8 nitrogen and oxygen atoms in total. The van der Waals surface area contributed by atoms with Crippen LogP contribution in [0.15, 0.2) is 54.6 Å². The van der Waals surface area contributed by atoms with E-state index in [1.807, 2.05) is 6.92 Å². The first-order valence-electron chi connectivity index (χ1n) is 10.1. The molecule has 2 amide bonds. The maximum absolute atomic E-state index is 12.5. The Balaban J connectivity index is 2.17. The highest BCUT2D eigenvalue weighted by atomic mass is 32.1. The van der Waals surface area contributed by atoms with Gasteiger partial charge in [0.1, 0.15) is 18.5 Å². The van der Waals surface area contributed by atoms with E-state index in [4.69, 9.17) is 19.3 Å². The van der Waals surface area contributed by atoms with Gasteiger partial charge >= 0.3 is 12.1 Å². The van der Waals surface area contributed by atoms with Gasteiger partial charge in [-0.05, 0) is 24.6 Å². The number of thiol groups is 1. The number of rotatable bonds is 11. The van der Waals surface area contributed by atoms with E-state index < -0.39 is 24.1 Å². The van der Waals surface area contributed by atoms with Crippen molar-refractivity contribution in [1.82, 2.24) is 5.32 Å². The van der Waals surface area contributed by atoms with E-state index >= 15 is 0 Å². The Hall–Kier alpha value is -3.04. The van der Waals surface area contributed by atoms with Crippen molar-refractivity contribution in [2.24, 2.45) is 5.92 Å². The Kier molecular flexibility index (Phi) is 10.6. The lowest BCUT2D eigenvalue weighted by atomic mass is 9.94. The second-order valence-corrected chi connectivity index (χ2v) is 7.22. The van der Waals surface area contributed by atoms with Crippen molar-refractivity contribution in [2.75, 3.05) is 25.6 Å². The van der Waals surface area contributed by atoms with Crippen LogP contribution in [-0.2, 0) is 14.3 Å². The van der Waals surface area contributed by atoms with Crippen LogP contribution in [0.3, 0.4) is 0 Å². The van der Waals surface area contributed by atoms with Crippen LogP contribution in [0, 0.1) is 5.92 Å². The molecule has 0 saturated carbocycles. The molecule has 0 heterocycles. The van der Waals surface area contributed by atoms with E-state index in [1.54, 1.807) is 54.6 Å². The number of aliphatic hydroxyl groups excluding tert-OH is 1. The molecule has 0 radical (unpaired) electrons. The Labute approximate surface area is 192 Å². The summed E-state index contributed by atoms with van der Waals surface area (Å²) >= 11 is 3.87. The number of benzene rings is 2. The van der Waals surface area contributed by atoms with Crippen LogP contribution in [0.25, 0.3) is 0 Å². The van der Waals surface area contributed by atoms with Gasteiger partial charge in [0.25, 0.3) is 5.91 Å². The third kappa shape index (κ3) is 7.90. The smallest absolute Gasteiger partial charge is 0.414 e. The maximum atomic E-state index is 12.5. The molecule has 2 atom stereocenters. The molecule has 0 unspecified atom stereocenters. The van der Waals surface area contributed by atoms with Gasteiger partial charge in [-0.3, -0.25) is 14.9 Å². The number of hydrogen-bond donors (Lipinski definition) is 3. The van der Waals surface area contributed by atoms with Crippen molar-refractivity contribution in [1.29, 1.82) is 0 Å². The summed E-state index contributed by atoms with van der Waals surface area (Å²) in [5.74, 6) is -0.923. The Bertz CT molecular complexity index is 891. The fourth-order valence-electron chi connectivity index (χ4n) is 2.94. The molecule has 0 spiro atoms. The summed E-state index contributed by atoms with van der Waals surface area (Å²) in [4.78, 5) is 36.2. The van der Waals surface area contributed by atoms with Crippen molar-refractivity contribution in [3.8, 4) is 5.75 Å². The third-order valence-corrected chi connectivity index (χ3v) is 4.80. The largest absolute Gasteiger partial charge is 0.491 e. The molecule has 0 bridgehead atoms. The molecule has 32 heavy (non-hydrogen) atoms. The number of nitrogens with one attached hydrogen (secondary N) is 1. The van der Waals surface area contributed by atoms with Gasteiger partial charge in [0.15, 0.2) is 0 Å². The predicted molar refractivity (Wildman–Crippen MR) is 121 cm³/mol. The van der Waals surface area contributed by atoms with Gasteiger partial charge in [0, 0.05) is 17.0 Å². The van der Waals surface area contributed by atoms with Crippen LogP contribution < -0.4 is 10.1 Å². The minimum Gasteiger partial charge on any atom is -0.491 e. The first-order valence-corrected chi connectivity index (χ1v) is 10.8. The molecule has 2 aromatic carbocycles.